The average molecular weight is 210 g/mol. The number of hydrogen-bond acceptors (Lipinski definition) is 3. The molecule has 0 aromatic heterocycles. The van der Waals surface area contributed by atoms with Gasteiger partial charge in [-0.05, 0) is 37.5 Å². The molecule has 0 aliphatic carbocycles. The lowest BCUT2D eigenvalue weighted by Crippen LogP contribution is -2.28. The molecular formula is C11H18N2S. The van der Waals surface area contributed by atoms with Crippen molar-refractivity contribution in [3.05, 3.63) is 29.8 Å². The summed E-state index contributed by atoms with van der Waals surface area (Å²) < 4.78 is 0. The molecule has 0 aliphatic rings. The molecule has 2 nitrogen and oxygen atoms in total. The van der Waals surface area contributed by atoms with Crippen LogP contribution in [0.25, 0.3) is 0 Å². The Bertz CT molecular complexity index is 254. The fourth-order valence-corrected chi connectivity index (χ4v) is 2.06. The normalized spacial score (nSPS) is 10.9. The monoisotopic (exact) mass is 210 g/mol. The maximum Gasteiger partial charge on any atom is 0.0830 e. The first-order valence-electron chi connectivity index (χ1n) is 4.89. The van der Waals surface area contributed by atoms with Gasteiger partial charge in [0.15, 0.2) is 0 Å². The predicted octanol–water partition coefficient (Wildman–Crippen LogP) is 2.24. The predicted molar refractivity (Wildman–Crippen MR) is 63.7 cm³/mol. The summed E-state index contributed by atoms with van der Waals surface area (Å²) >= 11 is 1.87. The van der Waals surface area contributed by atoms with Crippen LogP contribution < -0.4 is 10.6 Å². The first-order valence-corrected chi connectivity index (χ1v) is 5.87. The number of nitrogens with one attached hydrogen (secondary N) is 2. The fourth-order valence-electron chi connectivity index (χ4n) is 1.40. The quantitative estimate of drug-likeness (QED) is 0.576. The van der Waals surface area contributed by atoms with E-state index in [4.69, 9.17) is 0 Å². The molecule has 3 heteroatoms. The minimum atomic E-state index is 0.246. The Balaban J connectivity index is 2.71. The standard InChI is InChI=1S/C11H18N2S/c1-4-14-10-7-5-9(6-8-10)11(12-2)13-3/h5-8,11-13H,4H2,1-3H3. The van der Waals surface area contributed by atoms with Gasteiger partial charge >= 0.3 is 0 Å². The summed E-state index contributed by atoms with van der Waals surface area (Å²) in [5.74, 6) is 1.13. The molecule has 0 bridgehead atoms. The summed E-state index contributed by atoms with van der Waals surface area (Å²) in [4.78, 5) is 1.34. The second kappa shape index (κ2) is 6.06. The molecule has 0 saturated heterocycles. The second-order valence-electron chi connectivity index (χ2n) is 3.01. The SMILES string of the molecule is CCSc1ccc(C(NC)NC)cc1. The number of hydrogen-bond donors (Lipinski definition) is 2. The average Bonchev–Trinajstić information content (AvgIpc) is 2.23. The molecule has 78 valence electrons. The molecule has 1 aromatic carbocycles. The van der Waals surface area contributed by atoms with Crippen molar-refractivity contribution in [1.82, 2.24) is 10.6 Å². The molecule has 1 rings (SSSR count). The van der Waals surface area contributed by atoms with E-state index < -0.39 is 0 Å². The highest BCUT2D eigenvalue weighted by atomic mass is 32.2. The van der Waals surface area contributed by atoms with Gasteiger partial charge in [0.2, 0.25) is 0 Å². The third-order valence-corrected chi connectivity index (χ3v) is 3.00. The molecule has 0 saturated carbocycles. The third kappa shape index (κ3) is 3.01. The van der Waals surface area contributed by atoms with E-state index in [1.807, 2.05) is 25.9 Å². The van der Waals surface area contributed by atoms with Crippen LogP contribution in [0.2, 0.25) is 0 Å². The highest BCUT2D eigenvalue weighted by Gasteiger charge is 2.04. The minimum absolute atomic E-state index is 0.246. The third-order valence-electron chi connectivity index (χ3n) is 2.10. The van der Waals surface area contributed by atoms with Crippen LogP contribution in [0.15, 0.2) is 29.2 Å². The van der Waals surface area contributed by atoms with E-state index in [0.717, 1.165) is 5.75 Å². The Morgan fingerprint density at radius 2 is 1.71 bits per heavy atom. The Hall–Kier alpha value is -0.510. The second-order valence-corrected chi connectivity index (χ2v) is 4.35. The molecule has 0 fully saturated rings. The van der Waals surface area contributed by atoms with Crippen LogP contribution in [0.1, 0.15) is 18.7 Å². The molecule has 0 aliphatic heterocycles. The summed E-state index contributed by atoms with van der Waals surface area (Å²) in [5.41, 5.74) is 1.27. The van der Waals surface area contributed by atoms with Crippen LogP contribution in [0.5, 0.6) is 0 Å². The van der Waals surface area contributed by atoms with Crippen LogP contribution in [0, 0.1) is 0 Å². The van der Waals surface area contributed by atoms with Gasteiger partial charge in [-0.25, -0.2) is 0 Å². The van der Waals surface area contributed by atoms with Crippen molar-refractivity contribution >= 4 is 11.8 Å². The maximum absolute atomic E-state index is 3.20. The van der Waals surface area contributed by atoms with E-state index >= 15 is 0 Å². The Morgan fingerprint density at radius 3 is 2.14 bits per heavy atom. The van der Waals surface area contributed by atoms with Gasteiger partial charge in [0.05, 0.1) is 6.17 Å². The first-order chi connectivity index (χ1) is 6.81. The highest BCUT2D eigenvalue weighted by molar-refractivity contribution is 7.99. The van der Waals surface area contributed by atoms with E-state index in [9.17, 15) is 0 Å². The minimum Gasteiger partial charge on any atom is -0.301 e. The molecule has 0 heterocycles. The largest absolute Gasteiger partial charge is 0.301 e. The molecule has 0 radical (unpaired) electrons. The van der Waals surface area contributed by atoms with Gasteiger partial charge in [-0.1, -0.05) is 19.1 Å². The lowest BCUT2D eigenvalue weighted by atomic mass is 10.2. The van der Waals surface area contributed by atoms with Crippen molar-refractivity contribution in [3.63, 3.8) is 0 Å². The zero-order valence-corrected chi connectivity index (χ0v) is 9.82. The van der Waals surface area contributed by atoms with Gasteiger partial charge in [0.1, 0.15) is 0 Å². The van der Waals surface area contributed by atoms with Crippen molar-refractivity contribution < 1.29 is 0 Å². The fraction of sp³-hybridized carbons (Fsp3) is 0.455. The van der Waals surface area contributed by atoms with Gasteiger partial charge in [0.25, 0.3) is 0 Å². The number of rotatable bonds is 5. The summed E-state index contributed by atoms with van der Waals surface area (Å²) in [5, 5.41) is 6.40. The van der Waals surface area contributed by atoms with Crippen LogP contribution in [0.4, 0.5) is 0 Å². The Morgan fingerprint density at radius 1 is 1.14 bits per heavy atom. The highest BCUT2D eigenvalue weighted by Crippen LogP contribution is 2.19. The van der Waals surface area contributed by atoms with Crippen molar-refractivity contribution in [3.8, 4) is 0 Å². The summed E-state index contributed by atoms with van der Waals surface area (Å²) in [6.07, 6.45) is 0.246. The van der Waals surface area contributed by atoms with Gasteiger partial charge in [-0.3, -0.25) is 0 Å². The summed E-state index contributed by atoms with van der Waals surface area (Å²) in [7, 11) is 3.91. The maximum atomic E-state index is 3.20. The van der Waals surface area contributed by atoms with E-state index in [2.05, 4.69) is 41.8 Å². The van der Waals surface area contributed by atoms with Gasteiger partial charge < -0.3 is 10.6 Å². The van der Waals surface area contributed by atoms with Crippen molar-refractivity contribution in [2.24, 2.45) is 0 Å². The van der Waals surface area contributed by atoms with Crippen LogP contribution >= 0.6 is 11.8 Å². The topological polar surface area (TPSA) is 24.1 Å². The lowest BCUT2D eigenvalue weighted by Gasteiger charge is -2.15. The summed E-state index contributed by atoms with van der Waals surface area (Å²) in [6.45, 7) is 2.17. The molecule has 14 heavy (non-hydrogen) atoms. The smallest absolute Gasteiger partial charge is 0.0830 e. The van der Waals surface area contributed by atoms with Gasteiger partial charge in [-0.2, -0.15) is 0 Å². The molecule has 0 spiro atoms. The molecule has 2 N–H and O–H groups in total. The molecule has 0 amide bonds. The zero-order valence-electron chi connectivity index (χ0n) is 9.00. The van der Waals surface area contributed by atoms with Crippen LogP contribution in [-0.4, -0.2) is 19.8 Å². The molecular weight excluding hydrogens is 192 g/mol. The van der Waals surface area contributed by atoms with Crippen molar-refractivity contribution in [1.29, 1.82) is 0 Å². The van der Waals surface area contributed by atoms with Gasteiger partial charge in [0, 0.05) is 4.90 Å². The zero-order chi connectivity index (χ0) is 10.4. The number of thioether (sulfide) groups is 1. The van der Waals surface area contributed by atoms with E-state index in [-0.39, 0.29) is 6.17 Å². The number of benzene rings is 1. The van der Waals surface area contributed by atoms with Crippen molar-refractivity contribution in [2.45, 2.75) is 18.0 Å². The lowest BCUT2D eigenvalue weighted by molar-refractivity contribution is 0.520. The molecule has 0 unspecified atom stereocenters. The Kier molecular flexibility index (Phi) is 5.01. The van der Waals surface area contributed by atoms with Crippen molar-refractivity contribution in [2.75, 3.05) is 19.8 Å². The van der Waals surface area contributed by atoms with Crippen LogP contribution in [0.3, 0.4) is 0 Å². The first kappa shape index (κ1) is 11.6. The summed E-state index contributed by atoms with van der Waals surface area (Å²) in [6, 6.07) is 8.67. The van der Waals surface area contributed by atoms with Crippen LogP contribution in [-0.2, 0) is 0 Å². The van der Waals surface area contributed by atoms with Gasteiger partial charge in [-0.15, -0.1) is 11.8 Å². The van der Waals surface area contributed by atoms with E-state index in [1.54, 1.807) is 0 Å². The molecule has 0 atom stereocenters. The van der Waals surface area contributed by atoms with E-state index in [1.165, 1.54) is 10.5 Å². The Labute approximate surface area is 90.5 Å². The molecule has 1 aromatic rings. The van der Waals surface area contributed by atoms with E-state index in [0.29, 0.717) is 0 Å².